The SMILES string of the molecule is C=C(Nc1sc2c(c1SNCC1CC1)CCCC2)[C@H]1C[C@@H]1F. The molecule has 2 saturated carbocycles. The minimum atomic E-state index is -0.682. The van der Waals surface area contributed by atoms with E-state index >= 15 is 0 Å². The first-order valence-electron chi connectivity index (χ1n) is 8.36. The lowest BCUT2D eigenvalue weighted by molar-refractivity contribution is 0.459. The van der Waals surface area contributed by atoms with E-state index in [-0.39, 0.29) is 5.92 Å². The number of allylic oxidation sites excluding steroid dienone is 1. The van der Waals surface area contributed by atoms with E-state index in [2.05, 4.69) is 16.6 Å². The van der Waals surface area contributed by atoms with Gasteiger partial charge in [-0.1, -0.05) is 6.58 Å². The zero-order valence-corrected chi connectivity index (χ0v) is 14.4. The van der Waals surface area contributed by atoms with Gasteiger partial charge in [-0.3, -0.25) is 4.72 Å². The molecule has 0 aliphatic heterocycles. The molecule has 120 valence electrons. The molecule has 1 heterocycles. The summed E-state index contributed by atoms with van der Waals surface area (Å²) in [5, 5.41) is 4.62. The van der Waals surface area contributed by atoms with Crippen LogP contribution >= 0.6 is 23.3 Å². The van der Waals surface area contributed by atoms with Crippen LogP contribution in [-0.4, -0.2) is 12.7 Å². The first-order valence-corrected chi connectivity index (χ1v) is 10.00. The maximum Gasteiger partial charge on any atom is 0.109 e. The maximum atomic E-state index is 13.2. The molecule has 4 rings (SSSR count). The predicted octanol–water partition coefficient (Wildman–Crippen LogP) is 4.92. The first-order chi connectivity index (χ1) is 10.7. The molecule has 1 aromatic heterocycles. The number of aryl methyl sites for hydroxylation is 1. The van der Waals surface area contributed by atoms with Crippen molar-refractivity contribution in [3.8, 4) is 0 Å². The summed E-state index contributed by atoms with van der Waals surface area (Å²) in [6, 6.07) is 0. The molecule has 0 aromatic carbocycles. The summed E-state index contributed by atoms with van der Waals surface area (Å²) in [6.07, 6.45) is 7.66. The zero-order chi connectivity index (χ0) is 15.1. The minimum Gasteiger partial charge on any atom is -0.350 e. The number of hydrogen-bond acceptors (Lipinski definition) is 4. The Morgan fingerprint density at radius 1 is 1.32 bits per heavy atom. The van der Waals surface area contributed by atoms with Crippen LogP contribution in [0.25, 0.3) is 0 Å². The van der Waals surface area contributed by atoms with Crippen molar-refractivity contribution in [2.45, 2.75) is 56.0 Å². The lowest BCUT2D eigenvalue weighted by atomic mass is 9.99. The van der Waals surface area contributed by atoms with E-state index in [0.29, 0.717) is 6.42 Å². The highest BCUT2D eigenvalue weighted by atomic mass is 32.2. The highest BCUT2D eigenvalue weighted by molar-refractivity contribution is 7.97. The van der Waals surface area contributed by atoms with Crippen molar-refractivity contribution in [3.05, 3.63) is 22.7 Å². The molecule has 3 aliphatic rings. The molecular weight excluding hydrogens is 315 g/mol. The van der Waals surface area contributed by atoms with E-state index in [1.165, 1.54) is 58.9 Å². The van der Waals surface area contributed by atoms with Crippen molar-refractivity contribution in [2.24, 2.45) is 11.8 Å². The molecule has 2 atom stereocenters. The summed E-state index contributed by atoms with van der Waals surface area (Å²) in [4.78, 5) is 2.86. The van der Waals surface area contributed by atoms with E-state index in [9.17, 15) is 4.39 Å². The Morgan fingerprint density at radius 3 is 2.82 bits per heavy atom. The lowest BCUT2D eigenvalue weighted by Gasteiger charge is -2.13. The van der Waals surface area contributed by atoms with Crippen LogP contribution in [0, 0.1) is 11.8 Å². The normalized spacial score (nSPS) is 26.6. The standard InChI is InChI=1S/C17H23FN2S2/c1-10(13-8-14(13)18)20-17-16(22-19-9-11-6-7-11)12-4-2-3-5-15(12)21-17/h11,13-14,19-20H,1-9H2/t13-,14+/m1/s1. The Hall–Kier alpha value is -0.520. The van der Waals surface area contributed by atoms with Crippen LogP contribution in [0.15, 0.2) is 17.2 Å². The van der Waals surface area contributed by atoms with Crippen LogP contribution < -0.4 is 10.0 Å². The second kappa shape index (κ2) is 6.17. The molecule has 2 fully saturated rings. The van der Waals surface area contributed by atoms with Gasteiger partial charge in [0, 0.05) is 23.0 Å². The molecule has 0 amide bonds. The fourth-order valence-corrected chi connectivity index (χ4v) is 5.53. The maximum absolute atomic E-state index is 13.2. The van der Waals surface area contributed by atoms with Crippen molar-refractivity contribution in [1.82, 2.24) is 4.72 Å². The van der Waals surface area contributed by atoms with Gasteiger partial charge in [-0.25, -0.2) is 4.39 Å². The van der Waals surface area contributed by atoms with E-state index in [1.54, 1.807) is 11.9 Å². The van der Waals surface area contributed by atoms with Crippen molar-refractivity contribution >= 4 is 28.3 Å². The van der Waals surface area contributed by atoms with Crippen LogP contribution in [0.2, 0.25) is 0 Å². The van der Waals surface area contributed by atoms with E-state index in [0.717, 1.165) is 18.2 Å². The molecule has 0 saturated heterocycles. The van der Waals surface area contributed by atoms with Crippen molar-refractivity contribution in [3.63, 3.8) is 0 Å². The Morgan fingerprint density at radius 2 is 2.09 bits per heavy atom. The average molecular weight is 339 g/mol. The van der Waals surface area contributed by atoms with E-state index in [1.807, 2.05) is 11.3 Å². The predicted molar refractivity (Wildman–Crippen MR) is 93.3 cm³/mol. The third-order valence-electron chi connectivity index (χ3n) is 4.80. The van der Waals surface area contributed by atoms with Gasteiger partial charge >= 0.3 is 0 Å². The molecule has 0 radical (unpaired) electrons. The Bertz CT molecular complexity index is 579. The quantitative estimate of drug-likeness (QED) is 0.690. The molecule has 5 heteroatoms. The first kappa shape index (κ1) is 15.0. The molecule has 22 heavy (non-hydrogen) atoms. The Balaban J connectivity index is 1.49. The summed E-state index contributed by atoms with van der Waals surface area (Å²) in [7, 11) is 0. The molecular formula is C17H23FN2S2. The average Bonchev–Trinajstić information content (AvgIpc) is 3.41. The summed E-state index contributed by atoms with van der Waals surface area (Å²) >= 11 is 3.63. The summed E-state index contributed by atoms with van der Waals surface area (Å²) in [5.41, 5.74) is 2.38. The summed E-state index contributed by atoms with van der Waals surface area (Å²) in [5.74, 6) is 0.906. The third-order valence-corrected chi connectivity index (χ3v) is 7.10. The zero-order valence-electron chi connectivity index (χ0n) is 12.8. The molecule has 0 spiro atoms. The number of halogens is 1. The second-order valence-electron chi connectivity index (χ2n) is 6.77. The van der Waals surface area contributed by atoms with Crippen molar-refractivity contribution < 1.29 is 4.39 Å². The molecule has 3 aliphatic carbocycles. The van der Waals surface area contributed by atoms with Gasteiger partial charge in [0.05, 0.1) is 4.90 Å². The number of hydrogen-bond donors (Lipinski definition) is 2. The van der Waals surface area contributed by atoms with Gasteiger partial charge in [0.15, 0.2) is 0 Å². The monoisotopic (exact) mass is 338 g/mol. The van der Waals surface area contributed by atoms with Gasteiger partial charge < -0.3 is 5.32 Å². The smallest absolute Gasteiger partial charge is 0.109 e. The minimum absolute atomic E-state index is 0.0244. The van der Waals surface area contributed by atoms with Crippen molar-refractivity contribution in [1.29, 1.82) is 0 Å². The number of thiophene rings is 1. The number of anilines is 1. The topological polar surface area (TPSA) is 24.1 Å². The highest BCUT2D eigenvalue weighted by Crippen LogP contribution is 2.46. The summed E-state index contributed by atoms with van der Waals surface area (Å²) in [6.45, 7) is 5.16. The van der Waals surface area contributed by atoms with Gasteiger partial charge in [-0.05, 0) is 68.4 Å². The Kier molecular flexibility index (Phi) is 4.22. The fourth-order valence-electron chi connectivity index (χ4n) is 3.04. The van der Waals surface area contributed by atoms with E-state index < -0.39 is 6.17 Å². The van der Waals surface area contributed by atoms with Gasteiger partial charge in [0.1, 0.15) is 11.2 Å². The van der Waals surface area contributed by atoms with Gasteiger partial charge in [0.25, 0.3) is 0 Å². The number of fused-ring (bicyclic) bond motifs is 1. The fraction of sp³-hybridized carbons (Fsp3) is 0.647. The molecule has 0 bridgehead atoms. The summed E-state index contributed by atoms with van der Waals surface area (Å²) < 4.78 is 16.8. The molecule has 2 N–H and O–H groups in total. The van der Waals surface area contributed by atoms with Gasteiger partial charge in [0.2, 0.25) is 0 Å². The molecule has 1 aromatic rings. The highest BCUT2D eigenvalue weighted by Gasteiger charge is 2.40. The van der Waals surface area contributed by atoms with Crippen LogP contribution in [-0.2, 0) is 12.8 Å². The number of nitrogens with one attached hydrogen (secondary N) is 2. The van der Waals surface area contributed by atoms with Gasteiger partial charge in [-0.15, -0.1) is 11.3 Å². The third kappa shape index (κ3) is 3.22. The largest absolute Gasteiger partial charge is 0.350 e. The molecule has 2 nitrogen and oxygen atoms in total. The molecule has 0 unspecified atom stereocenters. The van der Waals surface area contributed by atoms with Crippen LogP contribution in [0.5, 0.6) is 0 Å². The van der Waals surface area contributed by atoms with E-state index in [4.69, 9.17) is 0 Å². The number of alkyl halides is 1. The Labute approximate surface area is 140 Å². The number of rotatable bonds is 7. The van der Waals surface area contributed by atoms with Gasteiger partial charge in [-0.2, -0.15) is 0 Å². The van der Waals surface area contributed by atoms with Crippen LogP contribution in [0.3, 0.4) is 0 Å². The van der Waals surface area contributed by atoms with Crippen LogP contribution in [0.4, 0.5) is 9.39 Å². The van der Waals surface area contributed by atoms with Crippen molar-refractivity contribution in [2.75, 3.05) is 11.9 Å². The van der Waals surface area contributed by atoms with Crippen LogP contribution in [0.1, 0.15) is 42.5 Å². The second-order valence-corrected chi connectivity index (χ2v) is 8.78. The lowest BCUT2D eigenvalue weighted by Crippen LogP contribution is -2.09.